The summed E-state index contributed by atoms with van der Waals surface area (Å²) in [5.41, 5.74) is 1.16. The molecule has 0 radical (unpaired) electrons. The van der Waals surface area contributed by atoms with E-state index < -0.39 is 0 Å². The van der Waals surface area contributed by atoms with Crippen molar-refractivity contribution in [1.29, 1.82) is 0 Å². The van der Waals surface area contributed by atoms with Crippen molar-refractivity contribution in [3.05, 3.63) is 23.9 Å². The Bertz CT molecular complexity index is 506. The summed E-state index contributed by atoms with van der Waals surface area (Å²) >= 11 is 0. The van der Waals surface area contributed by atoms with Gasteiger partial charge in [-0.15, -0.1) is 24.0 Å². The first-order chi connectivity index (χ1) is 11.8. The highest BCUT2D eigenvalue weighted by molar-refractivity contribution is 14.0. The number of aromatic nitrogens is 1. The minimum Gasteiger partial charge on any atom is -0.378 e. The third kappa shape index (κ3) is 7.77. The predicted molar refractivity (Wildman–Crippen MR) is 115 cm³/mol. The van der Waals surface area contributed by atoms with E-state index in [4.69, 9.17) is 9.73 Å². The molecule has 0 aromatic carbocycles. The number of nitrogens with one attached hydrogen (secondary N) is 2. The molecule has 1 aromatic heterocycles. The number of nitrogens with zero attached hydrogens (tertiary/aromatic N) is 3. The van der Waals surface area contributed by atoms with Crippen molar-refractivity contribution in [2.75, 3.05) is 44.3 Å². The van der Waals surface area contributed by atoms with Crippen molar-refractivity contribution in [2.45, 2.75) is 39.7 Å². The Hall–Kier alpha value is -1.09. The molecule has 1 aromatic rings. The molecule has 0 saturated carbocycles. The van der Waals surface area contributed by atoms with Gasteiger partial charge in [-0.1, -0.05) is 25.8 Å². The van der Waals surface area contributed by atoms with Gasteiger partial charge in [-0.2, -0.15) is 0 Å². The standard InChI is InChI=1S/C18H31N5O.HI/c1-3-5-6-9-21-18(19-4-2)22-15-16-8-7-10-20-17(16)23-11-13-24-14-12-23;/h7-8,10H,3-6,9,11-15H2,1-2H3,(H2,19,21,22);1H. The number of ether oxygens (including phenoxy) is 1. The molecule has 0 atom stereocenters. The van der Waals surface area contributed by atoms with Crippen LogP contribution in [0, 0.1) is 0 Å². The summed E-state index contributed by atoms with van der Waals surface area (Å²) in [6.45, 7) is 10.1. The molecular formula is C18H32IN5O. The van der Waals surface area contributed by atoms with E-state index in [1.807, 2.05) is 12.3 Å². The van der Waals surface area contributed by atoms with Gasteiger partial charge < -0.3 is 20.3 Å². The summed E-state index contributed by atoms with van der Waals surface area (Å²) in [5.74, 6) is 1.91. The molecule has 2 N–H and O–H groups in total. The molecule has 0 bridgehead atoms. The lowest BCUT2D eigenvalue weighted by atomic mass is 10.2. The zero-order chi connectivity index (χ0) is 17.0. The third-order valence-electron chi connectivity index (χ3n) is 4.00. The van der Waals surface area contributed by atoms with E-state index in [0.29, 0.717) is 6.54 Å². The normalized spacial score (nSPS) is 14.8. The highest BCUT2D eigenvalue weighted by atomic mass is 127. The highest BCUT2D eigenvalue weighted by Crippen LogP contribution is 2.19. The summed E-state index contributed by atoms with van der Waals surface area (Å²) in [4.78, 5) is 11.6. The maximum Gasteiger partial charge on any atom is 0.191 e. The van der Waals surface area contributed by atoms with Gasteiger partial charge in [-0.05, 0) is 19.4 Å². The highest BCUT2D eigenvalue weighted by Gasteiger charge is 2.15. The van der Waals surface area contributed by atoms with Crippen LogP contribution in [0.1, 0.15) is 38.7 Å². The SMILES string of the molecule is CCCCCNC(=NCc1cccnc1N1CCOCC1)NCC.I. The van der Waals surface area contributed by atoms with Crippen molar-refractivity contribution >= 4 is 35.8 Å². The van der Waals surface area contributed by atoms with Crippen molar-refractivity contribution in [3.8, 4) is 0 Å². The van der Waals surface area contributed by atoms with E-state index in [-0.39, 0.29) is 24.0 Å². The largest absolute Gasteiger partial charge is 0.378 e. The average Bonchev–Trinajstić information content (AvgIpc) is 2.64. The van der Waals surface area contributed by atoms with Crippen LogP contribution in [0.25, 0.3) is 0 Å². The molecule has 0 aliphatic carbocycles. The lowest BCUT2D eigenvalue weighted by molar-refractivity contribution is 0.122. The number of guanidine groups is 1. The molecule has 0 unspecified atom stereocenters. The first-order valence-electron chi connectivity index (χ1n) is 9.14. The molecule has 0 spiro atoms. The average molecular weight is 461 g/mol. The molecule has 2 heterocycles. The number of hydrogen-bond acceptors (Lipinski definition) is 4. The van der Waals surface area contributed by atoms with Gasteiger partial charge in [0, 0.05) is 37.9 Å². The van der Waals surface area contributed by atoms with Crippen LogP contribution >= 0.6 is 24.0 Å². The minimum atomic E-state index is 0. The Balaban J connectivity index is 0.00000312. The summed E-state index contributed by atoms with van der Waals surface area (Å²) in [6.07, 6.45) is 5.50. The van der Waals surface area contributed by atoms with E-state index >= 15 is 0 Å². The monoisotopic (exact) mass is 461 g/mol. The molecule has 1 aliphatic rings. The van der Waals surface area contributed by atoms with E-state index in [0.717, 1.165) is 56.7 Å². The number of hydrogen-bond donors (Lipinski definition) is 2. The number of morpholine rings is 1. The van der Waals surface area contributed by atoms with Crippen LogP contribution in [0.5, 0.6) is 0 Å². The quantitative estimate of drug-likeness (QED) is 0.270. The number of pyridine rings is 1. The number of unbranched alkanes of at least 4 members (excludes halogenated alkanes) is 2. The van der Waals surface area contributed by atoms with Crippen LogP contribution in [0.4, 0.5) is 5.82 Å². The maximum absolute atomic E-state index is 5.44. The zero-order valence-electron chi connectivity index (χ0n) is 15.5. The van der Waals surface area contributed by atoms with Gasteiger partial charge in [-0.25, -0.2) is 9.98 Å². The zero-order valence-corrected chi connectivity index (χ0v) is 17.8. The van der Waals surface area contributed by atoms with E-state index in [1.165, 1.54) is 19.3 Å². The summed E-state index contributed by atoms with van der Waals surface area (Å²) in [7, 11) is 0. The van der Waals surface area contributed by atoms with Crippen LogP contribution in [0.2, 0.25) is 0 Å². The molecular weight excluding hydrogens is 429 g/mol. The minimum absolute atomic E-state index is 0. The van der Waals surface area contributed by atoms with Gasteiger partial charge in [0.1, 0.15) is 5.82 Å². The summed E-state index contributed by atoms with van der Waals surface area (Å²) in [6, 6.07) is 4.10. The van der Waals surface area contributed by atoms with Gasteiger partial charge in [0.05, 0.1) is 19.8 Å². The maximum atomic E-state index is 5.44. The molecule has 6 nitrogen and oxygen atoms in total. The Morgan fingerprint density at radius 1 is 1.24 bits per heavy atom. The molecule has 0 amide bonds. The predicted octanol–water partition coefficient (Wildman–Crippen LogP) is 2.78. The fourth-order valence-corrected chi connectivity index (χ4v) is 2.70. The molecule has 25 heavy (non-hydrogen) atoms. The molecule has 1 saturated heterocycles. The van der Waals surface area contributed by atoms with Crippen molar-refractivity contribution in [3.63, 3.8) is 0 Å². The van der Waals surface area contributed by atoms with Crippen molar-refractivity contribution in [2.24, 2.45) is 4.99 Å². The van der Waals surface area contributed by atoms with Crippen LogP contribution in [-0.2, 0) is 11.3 Å². The Labute approximate surface area is 168 Å². The molecule has 142 valence electrons. The number of rotatable bonds is 8. The fraction of sp³-hybridized carbons (Fsp3) is 0.667. The second-order valence-corrected chi connectivity index (χ2v) is 5.91. The van der Waals surface area contributed by atoms with Gasteiger partial charge in [0.25, 0.3) is 0 Å². The van der Waals surface area contributed by atoms with Gasteiger partial charge in [0.15, 0.2) is 5.96 Å². The first kappa shape index (κ1) is 22.0. The van der Waals surface area contributed by atoms with Crippen LogP contribution < -0.4 is 15.5 Å². The van der Waals surface area contributed by atoms with Gasteiger partial charge in [-0.3, -0.25) is 0 Å². The van der Waals surface area contributed by atoms with Crippen molar-refractivity contribution in [1.82, 2.24) is 15.6 Å². The number of anilines is 1. The lowest BCUT2D eigenvalue weighted by Gasteiger charge is -2.29. The number of halogens is 1. The van der Waals surface area contributed by atoms with E-state index in [1.54, 1.807) is 0 Å². The van der Waals surface area contributed by atoms with Crippen LogP contribution in [-0.4, -0.2) is 50.3 Å². The van der Waals surface area contributed by atoms with E-state index in [2.05, 4.69) is 40.4 Å². The third-order valence-corrected chi connectivity index (χ3v) is 4.00. The summed E-state index contributed by atoms with van der Waals surface area (Å²) in [5, 5.41) is 6.72. The molecule has 7 heteroatoms. The van der Waals surface area contributed by atoms with Gasteiger partial charge in [0.2, 0.25) is 0 Å². The van der Waals surface area contributed by atoms with E-state index in [9.17, 15) is 0 Å². The molecule has 1 fully saturated rings. The first-order valence-corrected chi connectivity index (χ1v) is 9.14. The van der Waals surface area contributed by atoms with Crippen LogP contribution in [0.3, 0.4) is 0 Å². The second kappa shape index (κ2) is 13.2. The fourth-order valence-electron chi connectivity index (χ4n) is 2.70. The smallest absolute Gasteiger partial charge is 0.191 e. The van der Waals surface area contributed by atoms with Gasteiger partial charge >= 0.3 is 0 Å². The Morgan fingerprint density at radius 3 is 2.76 bits per heavy atom. The number of aliphatic imine (C=N–C) groups is 1. The Kier molecular flexibility index (Phi) is 11.6. The lowest BCUT2D eigenvalue weighted by Crippen LogP contribution is -2.38. The topological polar surface area (TPSA) is 61.8 Å². The molecule has 1 aliphatic heterocycles. The second-order valence-electron chi connectivity index (χ2n) is 5.91. The summed E-state index contributed by atoms with van der Waals surface area (Å²) < 4.78 is 5.44. The Morgan fingerprint density at radius 2 is 2.04 bits per heavy atom. The van der Waals surface area contributed by atoms with Crippen molar-refractivity contribution < 1.29 is 4.74 Å². The van der Waals surface area contributed by atoms with Crippen LogP contribution in [0.15, 0.2) is 23.3 Å². The molecule has 2 rings (SSSR count).